The van der Waals surface area contributed by atoms with Crippen molar-refractivity contribution in [2.24, 2.45) is 41.4 Å². The highest BCUT2D eigenvalue weighted by Gasteiger charge is 2.90. The molecule has 264 valence electrons. The lowest BCUT2D eigenvalue weighted by atomic mass is 9.51. The first-order valence-electron chi connectivity index (χ1n) is 18.2. The van der Waals surface area contributed by atoms with Crippen molar-refractivity contribution < 1.29 is 48.9 Å². The van der Waals surface area contributed by atoms with E-state index in [2.05, 4.69) is 20.4 Å². The zero-order valence-corrected chi connectivity index (χ0v) is 28.5. The van der Waals surface area contributed by atoms with E-state index in [-0.39, 0.29) is 24.4 Å². The Morgan fingerprint density at radius 3 is 2.40 bits per heavy atom. The van der Waals surface area contributed by atoms with Gasteiger partial charge in [-0.15, -0.1) is 0 Å². The summed E-state index contributed by atoms with van der Waals surface area (Å²) in [6.07, 6.45) is 1.28. The fourth-order valence-corrected chi connectivity index (χ4v) is 11.8. The maximum atomic E-state index is 13.5. The molecule has 4 N–H and O–H groups in total. The Morgan fingerprint density at radius 2 is 1.71 bits per heavy atom. The van der Waals surface area contributed by atoms with Crippen LogP contribution in [0.1, 0.15) is 83.0 Å². The Hall–Kier alpha value is -1.89. The van der Waals surface area contributed by atoms with Gasteiger partial charge in [-0.25, -0.2) is 4.79 Å². The van der Waals surface area contributed by atoms with E-state index in [1.54, 1.807) is 24.3 Å². The first-order chi connectivity index (χ1) is 22.8. The number of carbonyl (C=O) groups is 1. The van der Waals surface area contributed by atoms with Crippen LogP contribution < -0.4 is 0 Å². The van der Waals surface area contributed by atoms with Crippen molar-refractivity contribution in [3.63, 3.8) is 0 Å². The van der Waals surface area contributed by atoms with Gasteiger partial charge in [-0.2, -0.15) is 0 Å². The molecule has 4 aliphatic heterocycles. The molecule has 48 heavy (non-hydrogen) atoms. The minimum Gasteiger partial charge on any atom is -0.462 e. The van der Waals surface area contributed by atoms with Gasteiger partial charge < -0.3 is 44.1 Å². The maximum Gasteiger partial charge on any atom is 0.338 e. The van der Waals surface area contributed by atoms with Gasteiger partial charge in [-0.05, 0) is 61.1 Å². The molecule has 2 spiro atoms. The lowest BCUT2D eigenvalue weighted by Gasteiger charge is -2.62. The number of aliphatic hydroxyl groups excluding tert-OH is 3. The second kappa shape index (κ2) is 11.1. The predicted molar refractivity (Wildman–Crippen MR) is 172 cm³/mol. The van der Waals surface area contributed by atoms with Crippen LogP contribution in [0.5, 0.6) is 0 Å². The molecule has 4 unspecified atom stereocenters. The van der Waals surface area contributed by atoms with Gasteiger partial charge in [-0.1, -0.05) is 77.7 Å². The zero-order valence-electron chi connectivity index (χ0n) is 28.5. The average Bonchev–Trinajstić information content (AvgIpc) is 3.72. The maximum absolute atomic E-state index is 13.5. The molecule has 10 nitrogen and oxygen atoms in total. The van der Waals surface area contributed by atoms with Crippen LogP contribution in [0.2, 0.25) is 0 Å². The summed E-state index contributed by atoms with van der Waals surface area (Å²) in [4.78, 5) is 13.5. The minimum atomic E-state index is -1.87. The van der Waals surface area contributed by atoms with Crippen molar-refractivity contribution in [2.45, 2.75) is 125 Å². The quantitative estimate of drug-likeness (QED) is 0.208. The molecule has 16 atom stereocenters. The fraction of sp³-hybridized carbons (Fsp3) is 0.763. The normalized spacial score (nSPS) is 53.5. The topological polar surface area (TPSA) is 147 Å². The number of fused-ring (bicyclic) bond motifs is 1. The summed E-state index contributed by atoms with van der Waals surface area (Å²) in [5.74, 6) is -4.66. The molecule has 4 saturated heterocycles. The molecule has 1 aromatic carbocycles. The molecule has 8 rings (SSSR count). The minimum absolute atomic E-state index is 0.0397. The van der Waals surface area contributed by atoms with E-state index in [9.17, 15) is 25.2 Å². The second-order valence-corrected chi connectivity index (χ2v) is 16.4. The third-order valence-electron chi connectivity index (χ3n) is 14.3. The van der Waals surface area contributed by atoms with Crippen LogP contribution in [0.25, 0.3) is 0 Å². The predicted octanol–water partition coefficient (Wildman–Crippen LogP) is 3.74. The number of carbonyl (C=O) groups excluding carboxylic acids is 1. The van der Waals surface area contributed by atoms with Crippen molar-refractivity contribution in [2.75, 3.05) is 13.2 Å². The summed E-state index contributed by atoms with van der Waals surface area (Å²) in [7, 11) is 0. The number of aliphatic hydroxyl groups is 4. The number of hydrogen-bond acceptors (Lipinski definition) is 10. The van der Waals surface area contributed by atoms with Crippen molar-refractivity contribution in [1.82, 2.24) is 0 Å². The van der Waals surface area contributed by atoms with E-state index in [4.69, 9.17) is 23.7 Å². The molecule has 3 saturated carbocycles. The molecular weight excluding hydrogens is 616 g/mol. The third kappa shape index (κ3) is 4.06. The molecule has 3 bridgehead atoms. The molecule has 4 heterocycles. The van der Waals surface area contributed by atoms with Gasteiger partial charge in [0.2, 0.25) is 0 Å². The monoisotopic (exact) mass is 668 g/mol. The van der Waals surface area contributed by atoms with E-state index in [1.807, 2.05) is 19.9 Å². The summed E-state index contributed by atoms with van der Waals surface area (Å²) >= 11 is 0. The van der Waals surface area contributed by atoms with Gasteiger partial charge in [0.05, 0.1) is 24.4 Å². The summed E-state index contributed by atoms with van der Waals surface area (Å²) in [5, 5.41) is 48.8. The Bertz CT molecular complexity index is 1450. The lowest BCUT2D eigenvalue weighted by molar-refractivity contribution is -0.459. The standard InChI is InChI=1S/C38H52O10/c1-20(2)34-17-25(18-44-32(41)24-14-10-8-11-15-24)37-28-30(34)46-38(47-34,48-37)26(40)16-12-7-6-9-13-21(3)27-22(4)23(5)36(43,29(27)37)33(42)35(19-39)31(28)45-35/h8,10-11,14-15,21-23,25-31,33,39-40,42-43H,1,6-7,9,12-13,16-19H2,2-5H3/t21?,22?,23-,25-,26-,27-,28+,29+,30+,31?,33+,34+,35-,36-,37+,38?/m0/s1. The molecule has 10 heteroatoms. The largest absolute Gasteiger partial charge is 0.462 e. The van der Waals surface area contributed by atoms with Gasteiger partial charge >= 0.3 is 11.9 Å². The first kappa shape index (κ1) is 33.3. The van der Waals surface area contributed by atoms with Gasteiger partial charge in [0, 0.05) is 17.8 Å². The molecule has 0 amide bonds. The van der Waals surface area contributed by atoms with Crippen molar-refractivity contribution >= 4 is 5.97 Å². The number of rotatable bonds is 5. The number of epoxide rings is 1. The van der Waals surface area contributed by atoms with Gasteiger partial charge in [0.1, 0.15) is 41.2 Å². The zero-order chi connectivity index (χ0) is 34.0. The first-order valence-corrected chi connectivity index (χ1v) is 18.2. The van der Waals surface area contributed by atoms with E-state index < -0.39 is 89.0 Å². The molecule has 0 aromatic heterocycles. The molecular formula is C38H52O10. The van der Waals surface area contributed by atoms with Crippen LogP contribution in [-0.2, 0) is 23.7 Å². The Balaban J connectivity index is 1.37. The smallest absolute Gasteiger partial charge is 0.338 e. The van der Waals surface area contributed by atoms with Crippen LogP contribution >= 0.6 is 0 Å². The Morgan fingerprint density at radius 1 is 1.00 bits per heavy atom. The van der Waals surface area contributed by atoms with Crippen molar-refractivity contribution in [1.29, 1.82) is 0 Å². The summed E-state index contributed by atoms with van der Waals surface area (Å²) < 4.78 is 33.8. The fourth-order valence-electron chi connectivity index (χ4n) is 11.8. The summed E-state index contributed by atoms with van der Waals surface area (Å²) in [5.41, 5.74) is -4.59. The highest BCUT2D eigenvalue weighted by molar-refractivity contribution is 5.89. The number of hydrogen-bond donors (Lipinski definition) is 4. The average molecular weight is 669 g/mol. The van der Waals surface area contributed by atoms with Crippen LogP contribution in [0.15, 0.2) is 42.5 Å². The van der Waals surface area contributed by atoms with Crippen molar-refractivity contribution in [3.05, 3.63) is 48.0 Å². The molecule has 7 fully saturated rings. The molecule has 0 radical (unpaired) electrons. The highest BCUT2D eigenvalue weighted by atomic mass is 16.9. The van der Waals surface area contributed by atoms with E-state index in [0.29, 0.717) is 24.0 Å². The number of benzene rings is 1. The number of ether oxygens (including phenoxy) is 5. The molecule has 3 aliphatic carbocycles. The molecule has 7 aliphatic rings. The Kier molecular flexibility index (Phi) is 7.66. The second-order valence-electron chi connectivity index (χ2n) is 16.4. The van der Waals surface area contributed by atoms with E-state index in [0.717, 1.165) is 32.1 Å². The summed E-state index contributed by atoms with van der Waals surface area (Å²) in [6.45, 7) is 12.1. The summed E-state index contributed by atoms with van der Waals surface area (Å²) in [6, 6.07) is 8.83. The van der Waals surface area contributed by atoms with E-state index >= 15 is 0 Å². The van der Waals surface area contributed by atoms with Gasteiger partial charge in [0.15, 0.2) is 0 Å². The van der Waals surface area contributed by atoms with Crippen LogP contribution in [0.3, 0.4) is 0 Å². The van der Waals surface area contributed by atoms with Crippen LogP contribution in [0.4, 0.5) is 0 Å². The van der Waals surface area contributed by atoms with Crippen LogP contribution in [-0.4, -0.2) is 92.4 Å². The number of esters is 1. The molecule has 1 aromatic rings. The lowest BCUT2D eigenvalue weighted by Crippen LogP contribution is -2.75. The third-order valence-corrected chi connectivity index (χ3v) is 14.3. The van der Waals surface area contributed by atoms with Gasteiger partial charge in [-0.3, -0.25) is 0 Å². The van der Waals surface area contributed by atoms with Gasteiger partial charge in [0.25, 0.3) is 0 Å². The van der Waals surface area contributed by atoms with E-state index in [1.165, 1.54) is 0 Å². The van der Waals surface area contributed by atoms with Crippen LogP contribution in [0, 0.1) is 41.4 Å². The SMILES string of the molecule is C=C(C)[C@]12C[C@@H](COC(=O)c3ccccc3)[C@@]34OC5(O[C@@H]1[C@@H]3C1O[C@]1(CO)[C@@H](O)[C@@]1(O)[C@H]4[C@@H](C(C)CCCCCC[C@@H]5O)C(C)[C@@H]1C)O2. The van der Waals surface area contributed by atoms with Crippen molar-refractivity contribution in [3.8, 4) is 0 Å². The highest BCUT2D eigenvalue weighted by Crippen LogP contribution is 2.76. The Labute approximate surface area is 282 Å².